The number of imidazole rings is 1. The molecule has 0 bridgehead atoms. The summed E-state index contributed by atoms with van der Waals surface area (Å²) in [6.45, 7) is 0.403. The number of hydrogen-bond donors (Lipinski definition) is 0. The van der Waals surface area contributed by atoms with Crippen LogP contribution in [0.2, 0.25) is 0 Å². The number of rotatable bonds is 15. The Labute approximate surface area is 305 Å². The van der Waals surface area contributed by atoms with E-state index in [1.54, 1.807) is 24.4 Å². The van der Waals surface area contributed by atoms with Crippen molar-refractivity contribution >= 4 is 55.2 Å². The third kappa shape index (κ3) is 9.89. The van der Waals surface area contributed by atoms with Gasteiger partial charge < -0.3 is 23.9 Å². The van der Waals surface area contributed by atoms with E-state index in [9.17, 15) is 9.59 Å². The third-order valence-electron chi connectivity index (χ3n) is 7.14. The number of benzene rings is 4. The topological polar surface area (TPSA) is 123 Å². The molecule has 0 atom stereocenters. The molecule has 13 heteroatoms. The van der Waals surface area contributed by atoms with E-state index in [0.29, 0.717) is 31.8 Å². The van der Waals surface area contributed by atoms with E-state index < -0.39 is 5.97 Å². The fourth-order valence-electron chi connectivity index (χ4n) is 4.69. The molecule has 0 spiro atoms. The summed E-state index contributed by atoms with van der Waals surface area (Å²) in [5.41, 5.74) is 3.55. The lowest BCUT2D eigenvalue weighted by atomic mass is 10.1. The number of halogens is 2. The zero-order valence-corrected chi connectivity index (χ0v) is 30.3. The summed E-state index contributed by atoms with van der Waals surface area (Å²) in [4.78, 5) is 40.9. The smallest absolute Gasteiger partial charge is 0.356 e. The van der Waals surface area contributed by atoms with Crippen molar-refractivity contribution in [2.75, 3.05) is 14.2 Å². The number of carbonyl (C=O) groups excluding carboxylic acids is 2. The first-order valence-electron chi connectivity index (χ1n) is 15.2. The molecular formula is C37H32Br2N4O7. The molecule has 1 heterocycles. The van der Waals surface area contributed by atoms with E-state index in [-0.39, 0.29) is 43.4 Å². The second kappa shape index (κ2) is 17.9. The Hall–Kier alpha value is -5.27. The molecule has 0 N–H and O–H groups in total. The highest BCUT2D eigenvalue weighted by Gasteiger charge is 2.20. The van der Waals surface area contributed by atoms with Crippen molar-refractivity contribution in [3.05, 3.63) is 141 Å². The van der Waals surface area contributed by atoms with Gasteiger partial charge in [-0.15, -0.1) is 0 Å². The quantitative estimate of drug-likeness (QED) is 0.0594. The van der Waals surface area contributed by atoms with Crippen LogP contribution >= 0.6 is 31.9 Å². The highest BCUT2D eigenvalue weighted by molar-refractivity contribution is 9.11. The van der Waals surface area contributed by atoms with Gasteiger partial charge in [0.25, 0.3) is 5.91 Å². The average molecular weight is 804 g/mol. The molecule has 0 fully saturated rings. The monoisotopic (exact) mass is 802 g/mol. The molecule has 256 valence electrons. The maximum atomic E-state index is 13.3. The SMILES string of the molecule is COC(=O)/C(Cc1cc(Br)c(OC)c(Oc2ccc(C/C(=N/OCc3ccccc3)C(=O)n3ccnc3)cc2Br)c1)=N/OCc1ccccc1. The van der Waals surface area contributed by atoms with Crippen molar-refractivity contribution in [3.8, 4) is 17.2 Å². The first-order valence-corrected chi connectivity index (χ1v) is 16.8. The van der Waals surface area contributed by atoms with Crippen LogP contribution in [0.25, 0.3) is 0 Å². The summed E-state index contributed by atoms with van der Waals surface area (Å²) < 4.78 is 19.5. The molecule has 1 aromatic heterocycles. The first-order chi connectivity index (χ1) is 24.3. The fourth-order valence-corrected chi connectivity index (χ4v) is 5.85. The van der Waals surface area contributed by atoms with Gasteiger partial charge >= 0.3 is 5.97 Å². The van der Waals surface area contributed by atoms with Crippen LogP contribution < -0.4 is 9.47 Å². The summed E-state index contributed by atoms with van der Waals surface area (Å²) in [5, 5.41) is 8.29. The van der Waals surface area contributed by atoms with Gasteiger partial charge in [0.05, 0.1) is 23.2 Å². The van der Waals surface area contributed by atoms with Gasteiger partial charge in [0, 0.05) is 25.2 Å². The van der Waals surface area contributed by atoms with Crippen molar-refractivity contribution in [1.82, 2.24) is 9.55 Å². The van der Waals surface area contributed by atoms with Crippen molar-refractivity contribution in [2.45, 2.75) is 26.1 Å². The Morgan fingerprint density at radius 3 is 1.92 bits per heavy atom. The Kier molecular flexibility index (Phi) is 12.9. The maximum Gasteiger partial charge on any atom is 0.356 e. The molecular weight excluding hydrogens is 772 g/mol. The second-order valence-corrected chi connectivity index (χ2v) is 12.4. The van der Waals surface area contributed by atoms with E-state index in [0.717, 1.165) is 16.7 Å². The summed E-state index contributed by atoms with van der Waals surface area (Å²) in [5.74, 6) is 0.317. The highest BCUT2D eigenvalue weighted by atomic mass is 79.9. The van der Waals surface area contributed by atoms with Crippen LogP contribution in [0.1, 0.15) is 27.0 Å². The summed E-state index contributed by atoms with van der Waals surface area (Å²) in [6, 6.07) is 28.0. The third-order valence-corrected chi connectivity index (χ3v) is 8.35. The average Bonchev–Trinajstić information content (AvgIpc) is 3.67. The number of oxime groups is 2. The van der Waals surface area contributed by atoms with E-state index >= 15 is 0 Å². The lowest BCUT2D eigenvalue weighted by Gasteiger charge is -2.16. The minimum atomic E-state index is -0.620. The van der Waals surface area contributed by atoms with Crippen molar-refractivity contribution < 1.29 is 33.5 Å². The molecule has 11 nitrogen and oxygen atoms in total. The van der Waals surface area contributed by atoms with Gasteiger partial charge in [-0.25, -0.2) is 9.78 Å². The molecule has 0 unspecified atom stereocenters. The number of esters is 1. The minimum absolute atomic E-state index is 0.0763. The molecule has 50 heavy (non-hydrogen) atoms. The number of methoxy groups -OCH3 is 2. The Bertz CT molecular complexity index is 1970. The molecule has 0 aliphatic rings. The van der Waals surface area contributed by atoms with Crippen LogP contribution in [-0.2, 0) is 45.3 Å². The van der Waals surface area contributed by atoms with E-state index in [1.807, 2.05) is 72.8 Å². The number of nitrogens with zero attached hydrogens (tertiary/aromatic N) is 4. The normalized spacial score (nSPS) is 11.5. The van der Waals surface area contributed by atoms with Crippen molar-refractivity contribution in [2.24, 2.45) is 10.3 Å². The van der Waals surface area contributed by atoms with E-state index in [4.69, 9.17) is 23.9 Å². The number of carbonyl (C=O) groups is 2. The zero-order valence-electron chi connectivity index (χ0n) is 27.1. The Morgan fingerprint density at radius 2 is 1.34 bits per heavy atom. The van der Waals surface area contributed by atoms with Crippen LogP contribution in [-0.4, -0.2) is 47.1 Å². The number of aromatic nitrogens is 2. The van der Waals surface area contributed by atoms with Gasteiger partial charge in [-0.1, -0.05) is 77.0 Å². The minimum Gasteiger partial charge on any atom is -0.492 e. The van der Waals surface area contributed by atoms with Crippen LogP contribution in [0.4, 0.5) is 0 Å². The Morgan fingerprint density at radius 1 is 0.720 bits per heavy atom. The van der Waals surface area contributed by atoms with Gasteiger partial charge in [0.1, 0.15) is 31.0 Å². The number of hydrogen-bond acceptors (Lipinski definition) is 10. The largest absolute Gasteiger partial charge is 0.492 e. The lowest BCUT2D eigenvalue weighted by Crippen LogP contribution is -2.23. The zero-order chi connectivity index (χ0) is 35.3. The molecule has 4 aromatic carbocycles. The molecule has 0 radical (unpaired) electrons. The van der Waals surface area contributed by atoms with Gasteiger partial charge in [0.15, 0.2) is 17.2 Å². The highest BCUT2D eigenvalue weighted by Crippen LogP contribution is 2.41. The van der Waals surface area contributed by atoms with Gasteiger partial charge in [-0.2, -0.15) is 0 Å². The van der Waals surface area contributed by atoms with E-state index in [1.165, 1.54) is 31.3 Å². The standard InChI is InChI=1S/C37H32Br2N4O7/c1-46-35-30(39)18-28(20-32(37(45)47-2)42-49-23-26-11-7-4-8-12-26)21-34(35)50-33-14-13-27(17-29(33)38)19-31(36(44)43-16-15-40-24-43)41-48-22-25-9-5-3-6-10-25/h3-18,21,24H,19-20,22-23H2,1-2H3/b41-31-,42-32+. The van der Waals surface area contributed by atoms with Crippen molar-refractivity contribution in [3.63, 3.8) is 0 Å². The van der Waals surface area contributed by atoms with Gasteiger partial charge in [-0.3, -0.25) is 9.36 Å². The second-order valence-electron chi connectivity index (χ2n) is 10.7. The van der Waals surface area contributed by atoms with Crippen molar-refractivity contribution in [1.29, 1.82) is 0 Å². The van der Waals surface area contributed by atoms with E-state index in [2.05, 4.69) is 47.2 Å². The predicted octanol–water partition coefficient (Wildman–Crippen LogP) is 7.95. The number of ether oxygens (including phenoxy) is 3. The van der Waals surface area contributed by atoms with Crippen LogP contribution in [0.15, 0.2) is 129 Å². The van der Waals surface area contributed by atoms with Crippen LogP contribution in [0.3, 0.4) is 0 Å². The molecule has 5 aromatic rings. The summed E-state index contributed by atoms with van der Waals surface area (Å²) in [7, 11) is 2.82. The molecule has 0 amide bonds. The van der Waals surface area contributed by atoms with Crippen LogP contribution in [0, 0.1) is 0 Å². The Balaban J connectivity index is 1.34. The fraction of sp³-hybridized carbons (Fsp3) is 0.162. The first kappa shape index (κ1) is 36.0. The molecule has 0 aliphatic heterocycles. The molecule has 0 saturated carbocycles. The lowest BCUT2D eigenvalue weighted by molar-refractivity contribution is -0.133. The predicted molar refractivity (Wildman–Crippen MR) is 195 cm³/mol. The van der Waals surface area contributed by atoms with Crippen LogP contribution in [0.5, 0.6) is 17.2 Å². The summed E-state index contributed by atoms with van der Waals surface area (Å²) in [6.07, 6.45) is 4.77. The summed E-state index contributed by atoms with van der Waals surface area (Å²) >= 11 is 7.16. The van der Waals surface area contributed by atoms with Gasteiger partial charge in [0.2, 0.25) is 0 Å². The van der Waals surface area contributed by atoms with Gasteiger partial charge in [-0.05, 0) is 78.4 Å². The molecule has 0 saturated heterocycles. The molecule has 0 aliphatic carbocycles. The maximum absolute atomic E-state index is 13.3. The molecule has 5 rings (SSSR count).